The van der Waals surface area contributed by atoms with Crippen molar-refractivity contribution in [2.45, 2.75) is 39.3 Å². The number of likely N-dealkylation sites (tertiary alicyclic amines) is 1. The first-order chi connectivity index (χ1) is 14.6. The SMILES string of the molecule is Cc1cnc(-c2cccnc2)n1CC1CCN(C(=O)C(C)Oc2ccccc2)CC1. The van der Waals surface area contributed by atoms with Gasteiger partial charge >= 0.3 is 0 Å². The smallest absolute Gasteiger partial charge is 0.263 e. The van der Waals surface area contributed by atoms with Crippen LogP contribution in [0.3, 0.4) is 0 Å². The molecule has 156 valence electrons. The Hall–Kier alpha value is -3.15. The highest BCUT2D eigenvalue weighted by molar-refractivity contribution is 5.81. The maximum Gasteiger partial charge on any atom is 0.263 e. The minimum absolute atomic E-state index is 0.0622. The third-order valence-electron chi connectivity index (χ3n) is 5.75. The molecule has 4 rings (SSSR count). The molecule has 0 saturated carbocycles. The molecule has 3 heterocycles. The zero-order valence-corrected chi connectivity index (χ0v) is 17.6. The molecule has 1 saturated heterocycles. The Balaban J connectivity index is 1.34. The standard InChI is InChI=1S/C24H28N4O2/c1-18-15-26-23(21-7-6-12-25-16-21)28(18)17-20-10-13-27(14-11-20)24(29)19(2)30-22-8-4-3-5-9-22/h3-9,12,15-16,19-20H,10-11,13-14,17H2,1-2H3. The topological polar surface area (TPSA) is 60.2 Å². The summed E-state index contributed by atoms with van der Waals surface area (Å²) in [4.78, 5) is 23.6. The van der Waals surface area contributed by atoms with Gasteiger partial charge in [0.1, 0.15) is 11.6 Å². The Labute approximate surface area is 177 Å². The van der Waals surface area contributed by atoms with Crippen molar-refractivity contribution in [1.82, 2.24) is 19.4 Å². The largest absolute Gasteiger partial charge is 0.481 e. The summed E-state index contributed by atoms with van der Waals surface area (Å²) >= 11 is 0. The molecule has 0 radical (unpaired) electrons. The minimum atomic E-state index is -0.475. The predicted octanol–water partition coefficient (Wildman–Crippen LogP) is 3.96. The lowest BCUT2D eigenvalue weighted by molar-refractivity contribution is -0.139. The third-order valence-corrected chi connectivity index (χ3v) is 5.75. The third kappa shape index (κ3) is 4.53. The molecule has 6 nitrogen and oxygen atoms in total. The highest BCUT2D eigenvalue weighted by Gasteiger charge is 2.27. The van der Waals surface area contributed by atoms with E-state index in [1.54, 1.807) is 6.20 Å². The number of carbonyl (C=O) groups is 1. The summed E-state index contributed by atoms with van der Waals surface area (Å²) in [5.74, 6) is 2.27. The molecule has 2 aromatic heterocycles. The summed E-state index contributed by atoms with van der Waals surface area (Å²) < 4.78 is 8.09. The van der Waals surface area contributed by atoms with Crippen molar-refractivity contribution in [2.75, 3.05) is 13.1 Å². The van der Waals surface area contributed by atoms with Gasteiger partial charge in [0.05, 0.1) is 0 Å². The van der Waals surface area contributed by atoms with Crippen molar-refractivity contribution in [3.8, 4) is 17.1 Å². The zero-order valence-electron chi connectivity index (χ0n) is 17.6. The van der Waals surface area contributed by atoms with E-state index >= 15 is 0 Å². The van der Waals surface area contributed by atoms with Crippen LogP contribution >= 0.6 is 0 Å². The summed E-state index contributed by atoms with van der Waals surface area (Å²) in [7, 11) is 0. The summed E-state index contributed by atoms with van der Waals surface area (Å²) in [5.41, 5.74) is 2.18. The van der Waals surface area contributed by atoms with E-state index in [0.717, 1.165) is 55.3 Å². The van der Waals surface area contributed by atoms with E-state index in [1.165, 1.54) is 0 Å². The first-order valence-electron chi connectivity index (χ1n) is 10.5. The minimum Gasteiger partial charge on any atom is -0.481 e. The number of para-hydroxylation sites is 1. The molecule has 30 heavy (non-hydrogen) atoms. The number of imidazole rings is 1. The van der Waals surface area contributed by atoms with E-state index in [1.807, 2.05) is 66.7 Å². The molecule has 0 bridgehead atoms. The number of ether oxygens (including phenoxy) is 1. The van der Waals surface area contributed by atoms with Gasteiger partial charge in [0.25, 0.3) is 5.91 Å². The number of nitrogens with zero attached hydrogens (tertiary/aromatic N) is 4. The monoisotopic (exact) mass is 404 g/mol. The number of carbonyl (C=O) groups excluding carboxylic acids is 1. The van der Waals surface area contributed by atoms with E-state index in [4.69, 9.17) is 4.74 Å². The van der Waals surface area contributed by atoms with Gasteiger partial charge in [0, 0.05) is 49.5 Å². The van der Waals surface area contributed by atoms with Gasteiger partial charge in [-0.1, -0.05) is 18.2 Å². The maximum atomic E-state index is 12.8. The average molecular weight is 405 g/mol. The second-order valence-corrected chi connectivity index (χ2v) is 7.92. The lowest BCUT2D eigenvalue weighted by Crippen LogP contribution is -2.45. The fourth-order valence-electron chi connectivity index (χ4n) is 4.02. The summed E-state index contributed by atoms with van der Waals surface area (Å²) in [6.45, 7) is 6.36. The normalized spacial score (nSPS) is 15.7. The van der Waals surface area contributed by atoms with Crippen LogP contribution in [-0.2, 0) is 11.3 Å². The van der Waals surface area contributed by atoms with Crippen LogP contribution in [0.1, 0.15) is 25.5 Å². The van der Waals surface area contributed by atoms with Crippen LogP contribution in [0.15, 0.2) is 61.1 Å². The molecule has 1 unspecified atom stereocenters. The molecule has 1 atom stereocenters. The zero-order chi connectivity index (χ0) is 20.9. The number of hydrogen-bond acceptors (Lipinski definition) is 4. The summed E-state index contributed by atoms with van der Waals surface area (Å²) in [6.07, 6.45) is 7.04. The van der Waals surface area contributed by atoms with Crippen molar-refractivity contribution >= 4 is 5.91 Å². The second-order valence-electron chi connectivity index (χ2n) is 7.92. The van der Waals surface area contributed by atoms with Gasteiger partial charge in [-0.15, -0.1) is 0 Å². The fourth-order valence-corrected chi connectivity index (χ4v) is 4.02. The molecule has 0 aliphatic carbocycles. The highest BCUT2D eigenvalue weighted by atomic mass is 16.5. The van der Waals surface area contributed by atoms with Crippen molar-refractivity contribution in [3.63, 3.8) is 0 Å². The van der Waals surface area contributed by atoms with E-state index in [-0.39, 0.29) is 5.91 Å². The summed E-state index contributed by atoms with van der Waals surface area (Å²) in [6, 6.07) is 13.5. The van der Waals surface area contributed by atoms with E-state index in [0.29, 0.717) is 5.92 Å². The number of piperidine rings is 1. The van der Waals surface area contributed by atoms with Crippen LogP contribution in [0.4, 0.5) is 0 Å². The Bertz CT molecular complexity index is 963. The van der Waals surface area contributed by atoms with Crippen molar-refractivity contribution in [2.24, 2.45) is 5.92 Å². The van der Waals surface area contributed by atoms with Crippen LogP contribution < -0.4 is 4.74 Å². The highest BCUT2D eigenvalue weighted by Crippen LogP contribution is 2.25. The molecule has 1 aliphatic rings. The van der Waals surface area contributed by atoms with Gasteiger partial charge in [0.15, 0.2) is 6.10 Å². The molecule has 0 N–H and O–H groups in total. The van der Waals surface area contributed by atoms with Crippen LogP contribution in [0.2, 0.25) is 0 Å². The van der Waals surface area contributed by atoms with Gasteiger partial charge in [-0.3, -0.25) is 9.78 Å². The molecule has 0 spiro atoms. The number of amides is 1. The van der Waals surface area contributed by atoms with Crippen LogP contribution in [0.25, 0.3) is 11.4 Å². The van der Waals surface area contributed by atoms with E-state index < -0.39 is 6.10 Å². The number of benzene rings is 1. The Morgan fingerprint density at radius 1 is 1.13 bits per heavy atom. The van der Waals surface area contributed by atoms with Crippen LogP contribution in [-0.4, -0.2) is 44.5 Å². The molecule has 1 aromatic carbocycles. The molecule has 1 aliphatic heterocycles. The van der Waals surface area contributed by atoms with Crippen molar-refractivity contribution < 1.29 is 9.53 Å². The van der Waals surface area contributed by atoms with Crippen LogP contribution in [0, 0.1) is 12.8 Å². The van der Waals surface area contributed by atoms with Gasteiger partial charge in [-0.05, 0) is 56.9 Å². The molecule has 1 fully saturated rings. The van der Waals surface area contributed by atoms with E-state index in [9.17, 15) is 4.79 Å². The number of aryl methyl sites for hydroxylation is 1. The maximum absolute atomic E-state index is 12.8. The molecule has 1 amide bonds. The lowest BCUT2D eigenvalue weighted by atomic mass is 9.96. The molecule has 3 aromatic rings. The lowest BCUT2D eigenvalue weighted by Gasteiger charge is -2.34. The quantitative estimate of drug-likeness (QED) is 0.624. The number of hydrogen-bond donors (Lipinski definition) is 0. The van der Waals surface area contributed by atoms with Crippen molar-refractivity contribution in [1.29, 1.82) is 0 Å². The van der Waals surface area contributed by atoms with Gasteiger partial charge < -0.3 is 14.2 Å². The number of aromatic nitrogens is 3. The van der Waals surface area contributed by atoms with Gasteiger partial charge in [0.2, 0.25) is 0 Å². The second kappa shape index (κ2) is 9.11. The van der Waals surface area contributed by atoms with Crippen molar-refractivity contribution in [3.05, 3.63) is 66.7 Å². The fraction of sp³-hybridized carbons (Fsp3) is 0.375. The van der Waals surface area contributed by atoms with Gasteiger partial charge in [-0.25, -0.2) is 4.98 Å². The Morgan fingerprint density at radius 2 is 1.90 bits per heavy atom. The number of pyridine rings is 1. The van der Waals surface area contributed by atoms with E-state index in [2.05, 4.69) is 21.5 Å². The molecular formula is C24H28N4O2. The summed E-state index contributed by atoms with van der Waals surface area (Å²) in [5, 5.41) is 0. The number of rotatable bonds is 6. The van der Waals surface area contributed by atoms with Crippen LogP contribution in [0.5, 0.6) is 5.75 Å². The predicted molar refractivity (Wildman–Crippen MR) is 116 cm³/mol. The average Bonchev–Trinajstić information content (AvgIpc) is 3.15. The first-order valence-corrected chi connectivity index (χ1v) is 10.5. The Kier molecular flexibility index (Phi) is 6.12. The Morgan fingerprint density at radius 3 is 2.60 bits per heavy atom. The molecule has 6 heteroatoms. The molecular weight excluding hydrogens is 376 g/mol. The first kappa shape index (κ1) is 20.1. The van der Waals surface area contributed by atoms with Gasteiger partial charge in [-0.2, -0.15) is 0 Å².